The Hall–Kier alpha value is -1.36. The fraction of sp³-hybridized carbons (Fsp3) is 0.375. The van der Waals surface area contributed by atoms with Gasteiger partial charge in [0, 0.05) is 20.5 Å². The van der Waals surface area contributed by atoms with Crippen LogP contribution in [0.25, 0.3) is 0 Å². The highest BCUT2D eigenvalue weighted by molar-refractivity contribution is 6.66. The SMILES string of the molecule is Cn1c2c(c(=O)n(C)c1=O)CC(Cl)=N2. The first-order valence-electron chi connectivity index (χ1n) is 4.04. The van der Waals surface area contributed by atoms with Crippen molar-refractivity contribution in [3.63, 3.8) is 0 Å². The van der Waals surface area contributed by atoms with Crippen molar-refractivity contribution in [2.75, 3.05) is 0 Å². The lowest BCUT2D eigenvalue weighted by Crippen LogP contribution is -2.38. The summed E-state index contributed by atoms with van der Waals surface area (Å²) >= 11 is 5.71. The van der Waals surface area contributed by atoms with Crippen LogP contribution in [0.3, 0.4) is 0 Å². The highest BCUT2D eigenvalue weighted by Gasteiger charge is 2.21. The number of rotatable bonds is 0. The minimum absolute atomic E-state index is 0.317. The molecule has 0 N–H and O–H groups in total. The van der Waals surface area contributed by atoms with Gasteiger partial charge in [-0.2, -0.15) is 0 Å². The molecule has 1 aromatic heterocycles. The molecule has 0 aliphatic carbocycles. The number of fused-ring (bicyclic) bond motifs is 1. The van der Waals surface area contributed by atoms with Crippen molar-refractivity contribution < 1.29 is 0 Å². The molecular formula is C8H8ClN3O2. The number of hydrogen-bond acceptors (Lipinski definition) is 3. The first kappa shape index (κ1) is 9.21. The van der Waals surface area contributed by atoms with Crippen LogP contribution in [0.2, 0.25) is 0 Å². The van der Waals surface area contributed by atoms with Crippen molar-refractivity contribution in [2.45, 2.75) is 6.42 Å². The summed E-state index contributed by atoms with van der Waals surface area (Å²) in [5.41, 5.74) is -0.217. The summed E-state index contributed by atoms with van der Waals surface area (Å²) in [5.74, 6) is 0.378. The van der Waals surface area contributed by atoms with Gasteiger partial charge in [0.1, 0.15) is 11.0 Å². The Kier molecular flexibility index (Phi) is 1.85. The first-order chi connectivity index (χ1) is 6.52. The number of nitrogens with zero attached hydrogens (tertiary/aromatic N) is 3. The predicted octanol–water partition coefficient (Wildman–Crippen LogP) is -0.0911. The molecule has 74 valence electrons. The van der Waals surface area contributed by atoms with Gasteiger partial charge in [-0.05, 0) is 0 Å². The number of aromatic nitrogens is 2. The van der Waals surface area contributed by atoms with Crippen LogP contribution in [0.1, 0.15) is 5.56 Å². The zero-order chi connectivity index (χ0) is 10.5. The molecule has 1 aromatic rings. The van der Waals surface area contributed by atoms with E-state index in [0.29, 0.717) is 23.0 Å². The summed E-state index contributed by atoms with van der Waals surface area (Å²) in [7, 11) is 3.01. The average Bonchev–Trinajstić information content (AvgIpc) is 2.54. The van der Waals surface area contributed by atoms with Gasteiger partial charge in [-0.1, -0.05) is 11.6 Å². The fourth-order valence-electron chi connectivity index (χ4n) is 1.50. The molecule has 0 saturated heterocycles. The maximum Gasteiger partial charge on any atom is 0.332 e. The molecule has 2 rings (SSSR count). The van der Waals surface area contributed by atoms with Crippen molar-refractivity contribution >= 4 is 22.6 Å². The number of hydrogen-bond donors (Lipinski definition) is 0. The molecule has 0 saturated carbocycles. The van der Waals surface area contributed by atoms with E-state index in [0.717, 1.165) is 4.57 Å². The van der Waals surface area contributed by atoms with Gasteiger partial charge in [0.15, 0.2) is 0 Å². The summed E-state index contributed by atoms with van der Waals surface area (Å²) in [5, 5.41) is 0.346. The Balaban J connectivity index is 2.92. The molecule has 2 heterocycles. The van der Waals surface area contributed by atoms with Crippen LogP contribution in [-0.2, 0) is 20.5 Å². The summed E-state index contributed by atoms with van der Waals surface area (Å²) < 4.78 is 2.38. The van der Waals surface area contributed by atoms with E-state index >= 15 is 0 Å². The smallest absolute Gasteiger partial charge is 0.281 e. The van der Waals surface area contributed by atoms with E-state index in [2.05, 4.69) is 4.99 Å². The third-order valence-corrected chi connectivity index (χ3v) is 2.49. The second-order valence-corrected chi connectivity index (χ2v) is 3.61. The molecule has 0 bridgehead atoms. The van der Waals surface area contributed by atoms with Crippen molar-refractivity contribution in [3.8, 4) is 0 Å². The Morgan fingerprint density at radius 2 is 1.93 bits per heavy atom. The summed E-state index contributed by atoms with van der Waals surface area (Å²) in [6.07, 6.45) is 0.317. The molecule has 0 radical (unpaired) electrons. The summed E-state index contributed by atoms with van der Waals surface area (Å²) in [6.45, 7) is 0. The van der Waals surface area contributed by atoms with Crippen molar-refractivity contribution in [1.29, 1.82) is 0 Å². The van der Waals surface area contributed by atoms with Crippen LogP contribution in [-0.4, -0.2) is 14.3 Å². The Morgan fingerprint density at radius 1 is 1.29 bits per heavy atom. The lowest BCUT2D eigenvalue weighted by molar-refractivity contribution is 0.682. The van der Waals surface area contributed by atoms with E-state index in [-0.39, 0.29) is 11.2 Å². The molecule has 0 unspecified atom stereocenters. The fourth-order valence-corrected chi connectivity index (χ4v) is 1.71. The topological polar surface area (TPSA) is 56.4 Å². The zero-order valence-corrected chi connectivity index (χ0v) is 8.50. The maximum atomic E-state index is 11.6. The van der Waals surface area contributed by atoms with Crippen molar-refractivity contribution in [3.05, 3.63) is 26.4 Å². The molecular weight excluding hydrogens is 206 g/mol. The zero-order valence-electron chi connectivity index (χ0n) is 7.74. The molecule has 6 heteroatoms. The van der Waals surface area contributed by atoms with Crippen LogP contribution in [0.15, 0.2) is 14.6 Å². The third kappa shape index (κ3) is 1.05. The second kappa shape index (κ2) is 2.81. The van der Waals surface area contributed by atoms with Crippen LogP contribution in [0.4, 0.5) is 5.82 Å². The lowest BCUT2D eigenvalue weighted by Gasteiger charge is -2.05. The highest BCUT2D eigenvalue weighted by Crippen LogP contribution is 2.22. The van der Waals surface area contributed by atoms with Crippen LogP contribution in [0.5, 0.6) is 0 Å². The minimum Gasteiger partial charge on any atom is -0.281 e. The molecule has 1 aliphatic rings. The minimum atomic E-state index is -0.385. The molecule has 0 aromatic carbocycles. The lowest BCUT2D eigenvalue weighted by atomic mass is 10.2. The van der Waals surface area contributed by atoms with Gasteiger partial charge in [-0.3, -0.25) is 13.9 Å². The van der Waals surface area contributed by atoms with Gasteiger partial charge in [-0.25, -0.2) is 9.79 Å². The molecule has 0 fully saturated rings. The standard InChI is InChI=1S/C8H8ClN3O2/c1-11-6-4(3-5(9)10-6)7(13)12(2)8(11)14/h3H2,1-2H3. The highest BCUT2D eigenvalue weighted by atomic mass is 35.5. The predicted molar refractivity (Wildman–Crippen MR) is 53.6 cm³/mol. The van der Waals surface area contributed by atoms with Crippen LogP contribution >= 0.6 is 11.6 Å². The molecule has 0 amide bonds. The van der Waals surface area contributed by atoms with Gasteiger partial charge < -0.3 is 0 Å². The van der Waals surface area contributed by atoms with Gasteiger partial charge in [0.25, 0.3) is 5.56 Å². The number of aliphatic imine (C=N–C) groups is 1. The Morgan fingerprint density at radius 3 is 2.57 bits per heavy atom. The van der Waals surface area contributed by atoms with E-state index in [4.69, 9.17) is 11.6 Å². The largest absolute Gasteiger partial charge is 0.332 e. The van der Waals surface area contributed by atoms with Gasteiger partial charge in [0.05, 0.1) is 5.56 Å². The molecule has 14 heavy (non-hydrogen) atoms. The molecule has 1 aliphatic heterocycles. The van der Waals surface area contributed by atoms with E-state index in [1.54, 1.807) is 7.05 Å². The van der Waals surface area contributed by atoms with E-state index in [1.165, 1.54) is 11.6 Å². The average molecular weight is 214 g/mol. The van der Waals surface area contributed by atoms with E-state index < -0.39 is 0 Å². The second-order valence-electron chi connectivity index (χ2n) is 3.17. The molecule has 0 atom stereocenters. The maximum absolute atomic E-state index is 11.6. The monoisotopic (exact) mass is 213 g/mol. The quantitative estimate of drug-likeness (QED) is 0.605. The Bertz CT molecular complexity index is 553. The molecule has 0 spiro atoms. The van der Waals surface area contributed by atoms with Crippen molar-refractivity contribution in [2.24, 2.45) is 19.1 Å². The van der Waals surface area contributed by atoms with Crippen LogP contribution in [0, 0.1) is 0 Å². The van der Waals surface area contributed by atoms with Crippen LogP contribution < -0.4 is 11.2 Å². The van der Waals surface area contributed by atoms with Gasteiger partial charge in [-0.15, -0.1) is 0 Å². The Labute approximate surface area is 84.3 Å². The normalized spacial score (nSPS) is 14.1. The first-order valence-corrected chi connectivity index (χ1v) is 4.42. The summed E-state index contributed by atoms with van der Waals surface area (Å²) in [6, 6.07) is 0. The van der Waals surface area contributed by atoms with Gasteiger partial charge >= 0.3 is 5.69 Å². The number of halogens is 1. The van der Waals surface area contributed by atoms with E-state index in [1.807, 2.05) is 0 Å². The molecule has 5 nitrogen and oxygen atoms in total. The summed E-state index contributed by atoms with van der Waals surface area (Å²) in [4.78, 5) is 27.0. The van der Waals surface area contributed by atoms with Crippen molar-refractivity contribution in [1.82, 2.24) is 9.13 Å². The van der Waals surface area contributed by atoms with E-state index in [9.17, 15) is 9.59 Å². The van der Waals surface area contributed by atoms with Gasteiger partial charge in [0.2, 0.25) is 0 Å². The third-order valence-electron chi connectivity index (χ3n) is 2.27.